The van der Waals surface area contributed by atoms with E-state index in [0.717, 1.165) is 17.7 Å². The largest absolute Gasteiger partial charge is 0.476 e. The third kappa shape index (κ3) is 16.3. The summed E-state index contributed by atoms with van der Waals surface area (Å²) >= 11 is 0. The van der Waals surface area contributed by atoms with E-state index in [2.05, 4.69) is 10.6 Å². The van der Waals surface area contributed by atoms with E-state index in [9.17, 15) is 38.4 Å². The quantitative estimate of drug-likeness (QED) is 0.0420. The van der Waals surface area contributed by atoms with Gasteiger partial charge in [-0.15, -0.1) is 0 Å². The number of ketones is 1. The van der Waals surface area contributed by atoms with Crippen molar-refractivity contribution in [1.82, 2.24) is 10.2 Å². The van der Waals surface area contributed by atoms with E-state index in [1.807, 2.05) is 0 Å². The highest BCUT2D eigenvalue weighted by Gasteiger charge is 2.45. The molecule has 2 aliphatic heterocycles. The van der Waals surface area contributed by atoms with Crippen molar-refractivity contribution in [2.75, 3.05) is 91.2 Å². The molecule has 0 spiro atoms. The molecule has 55 heavy (non-hydrogen) atoms. The smallest absolute Gasteiger partial charge is 0.372 e. The van der Waals surface area contributed by atoms with Gasteiger partial charge in [0.1, 0.15) is 12.6 Å². The molecule has 19 nitrogen and oxygen atoms in total. The van der Waals surface area contributed by atoms with E-state index in [4.69, 9.17) is 38.3 Å². The Bertz CT molecular complexity index is 1480. The highest BCUT2D eigenvalue weighted by molar-refractivity contribution is 6.32. The van der Waals surface area contributed by atoms with Crippen molar-refractivity contribution >= 4 is 52.9 Å². The monoisotopic (exact) mass is 779 g/mol. The molecule has 2 heterocycles. The van der Waals surface area contributed by atoms with Gasteiger partial charge in [0.15, 0.2) is 0 Å². The molecule has 304 valence electrons. The first-order chi connectivity index (χ1) is 26.6. The minimum absolute atomic E-state index is 0.00841. The summed E-state index contributed by atoms with van der Waals surface area (Å²) < 4.78 is 37.4. The van der Waals surface area contributed by atoms with Gasteiger partial charge in [-0.25, -0.2) is 4.79 Å². The number of rotatable bonds is 30. The minimum Gasteiger partial charge on any atom is -0.476 e. The van der Waals surface area contributed by atoms with Crippen molar-refractivity contribution in [2.24, 2.45) is 0 Å². The lowest BCUT2D eigenvalue weighted by molar-refractivity contribution is -0.151. The molecule has 0 saturated carbocycles. The summed E-state index contributed by atoms with van der Waals surface area (Å²) in [4.78, 5) is 96.1. The number of aliphatic carboxylic acids is 1. The molecule has 0 aromatic heterocycles. The Balaban J connectivity index is 1.07. The molecule has 1 aromatic rings. The maximum Gasteiger partial charge on any atom is 0.372 e. The predicted molar refractivity (Wildman–Crippen MR) is 188 cm³/mol. The van der Waals surface area contributed by atoms with Crippen molar-refractivity contribution in [1.29, 1.82) is 0 Å². The predicted octanol–water partition coefficient (Wildman–Crippen LogP) is 0.663. The first kappa shape index (κ1) is 44.7. The number of Topliss-reactive ketones (excluding diaryl/α,β-unsaturated/α-hetero) is 1. The molecule has 0 radical (unpaired) electrons. The Morgan fingerprint density at radius 1 is 0.691 bits per heavy atom. The van der Waals surface area contributed by atoms with Gasteiger partial charge in [0.2, 0.25) is 23.5 Å². The number of esters is 1. The molecular weight excluding hydrogens is 730 g/mol. The maximum atomic E-state index is 13.2. The van der Waals surface area contributed by atoms with Crippen LogP contribution in [0, 0.1) is 0 Å². The summed E-state index contributed by atoms with van der Waals surface area (Å²) in [7, 11) is 0. The van der Waals surface area contributed by atoms with Crippen LogP contribution in [-0.2, 0) is 61.9 Å². The fourth-order valence-corrected chi connectivity index (χ4v) is 5.31. The number of carbonyl (C=O) groups is 8. The number of piperidine rings is 1. The number of hydrogen-bond acceptors (Lipinski definition) is 15. The van der Waals surface area contributed by atoms with Crippen LogP contribution in [-0.4, -0.2) is 149 Å². The molecule has 1 fully saturated rings. The fourth-order valence-electron chi connectivity index (χ4n) is 5.31. The summed E-state index contributed by atoms with van der Waals surface area (Å²) in [6.07, 6.45) is 1.65. The summed E-state index contributed by atoms with van der Waals surface area (Å²) in [6.45, 7) is 4.45. The highest BCUT2D eigenvalue weighted by atomic mass is 16.6. The number of carbonyl (C=O) groups excluding carboxylic acids is 7. The van der Waals surface area contributed by atoms with Crippen molar-refractivity contribution in [3.63, 3.8) is 0 Å². The summed E-state index contributed by atoms with van der Waals surface area (Å²) in [6, 6.07) is 3.48. The first-order valence-corrected chi connectivity index (χ1v) is 18.1. The van der Waals surface area contributed by atoms with Gasteiger partial charge in [0.25, 0.3) is 11.8 Å². The van der Waals surface area contributed by atoms with Crippen LogP contribution >= 0.6 is 0 Å². The molecule has 5 amide bonds. The van der Waals surface area contributed by atoms with Crippen LogP contribution in [0.5, 0.6) is 0 Å². The lowest BCUT2D eigenvalue weighted by atomic mass is 10.0. The van der Waals surface area contributed by atoms with Crippen LogP contribution in [0.15, 0.2) is 18.2 Å². The number of imide groups is 2. The molecular formula is C36H49N3O16. The van der Waals surface area contributed by atoms with E-state index in [0.29, 0.717) is 72.5 Å². The summed E-state index contributed by atoms with van der Waals surface area (Å²) in [5.74, 6) is -6.07. The second kappa shape index (κ2) is 25.4. The number of hydrogen-bond donors (Lipinski definition) is 3. The van der Waals surface area contributed by atoms with E-state index >= 15 is 0 Å². The fraction of sp³-hybridized carbons (Fsp3) is 0.611. The number of amides is 5. The van der Waals surface area contributed by atoms with Crippen molar-refractivity contribution in [3.05, 3.63) is 29.3 Å². The third-order valence-electron chi connectivity index (χ3n) is 8.08. The molecule has 1 saturated heterocycles. The zero-order chi connectivity index (χ0) is 39.8. The number of fused-ring (bicyclic) bond motifs is 1. The van der Waals surface area contributed by atoms with Gasteiger partial charge in [-0.05, 0) is 31.4 Å². The van der Waals surface area contributed by atoms with Crippen molar-refractivity contribution in [3.8, 4) is 0 Å². The van der Waals surface area contributed by atoms with E-state index in [1.54, 1.807) is 6.07 Å². The summed E-state index contributed by atoms with van der Waals surface area (Å²) in [5.41, 5.74) is 0.339. The molecule has 2 aliphatic rings. The molecule has 3 N–H and O–H groups in total. The number of ether oxygens (including phenoxy) is 7. The van der Waals surface area contributed by atoms with Gasteiger partial charge in [-0.1, -0.05) is 12.5 Å². The number of nitrogens with one attached hydrogen (secondary N) is 2. The lowest BCUT2D eigenvalue weighted by Crippen LogP contribution is -2.54. The molecule has 0 bridgehead atoms. The van der Waals surface area contributed by atoms with Gasteiger partial charge in [0, 0.05) is 25.9 Å². The molecule has 0 aliphatic carbocycles. The second-order valence-corrected chi connectivity index (χ2v) is 12.2. The first-order valence-electron chi connectivity index (χ1n) is 18.1. The minimum atomic E-state index is -1.58. The Labute approximate surface area is 317 Å². The van der Waals surface area contributed by atoms with Gasteiger partial charge in [0.05, 0.1) is 95.9 Å². The van der Waals surface area contributed by atoms with Crippen LogP contribution in [0.25, 0.3) is 0 Å². The van der Waals surface area contributed by atoms with Gasteiger partial charge in [-0.2, -0.15) is 0 Å². The number of anilines is 1. The zero-order valence-corrected chi connectivity index (χ0v) is 30.7. The average molecular weight is 780 g/mol. The Hall–Kier alpha value is -4.66. The number of benzene rings is 1. The van der Waals surface area contributed by atoms with Crippen LogP contribution in [0.1, 0.15) is 72.1 Å². The topological polar surface area (TPSA) is 249 Å². The highest BCUT2D eigenvalue weighted by Crippen LogP contribution is 2.32. The maximum absolute atomic E-state index is 13.2. The Kier molecular flexibility index (Phi) is 20.7. The Morgan fingerprint density at radius 3 is 1.82 bits per heavy atom. The SMILES string of the molecule is O=C1CCC(N2C(=O)c3cccc(NC(=O)CCCCCOCCOCCOCCOCCOCCOCCOC(=O)CCC(=O)C(=O)O)c3C2=O)C(=O)N1. The van der Waals surface area contributed by atoms with Gasteiger partial charge in [-0.3, -0.25) is 43.8 Å². The van der Waals surface area contributed by atoms with Crippen molar-refractivity contribution in [2.45, 2.75) is 57.4 Å². The molecule has 1 atom stereocenters. The zero-order valence-electron chi connectivity index (χ0n) is 30.7. The third-order valence-corrected chi connectivity index (χ3v) is 8.08. The number of unbranched alkanes of at least 4 members (excludes halogenated alkanes) is 2. The Morgan fingerprint density at radius 2 is 1.25 bits per heavy atom. The van der Waals surface area contributed by atoms with Crippen LogP contribution in [0.2, 0.25) is 0 Å². The number of carboxylic acids is 1. The molecule has 1 unspecified atom stereocenters. The average Bonchev–Trinajstić information content (AvgIpc) is 3.41. The summed E-state index contributed by atoms with van der Waals surface area (Å²) in [5, 5.41) is 13.3. The normalized spacial score (nSPS) is 15.2. The van der Waals surface area contributed by atoms with E-state index < -0.39 is 53.8 Å². The van der Waals surface area contributed by atoms with Crippen LogP contribution in [0.3, 0.4) is 0 Å². The van der Waals surface area contributed by atoms with Gasteiger partial charge >= 0.3 is 11.9 Å². The molecule has 3 rings (SSSR count). The molecule has 19 heteroatoms. The van der Waals surface area contributed by atoms with Crippen molar-refractivity contribution < 1.29 is 76.6 Å². The number of nitrogens with zero attached hydrogens (tertiary/aromatic N) is 1. The van der Waals surface area contributed by atoms with E-state index in [-0.39, 0.29) is 68.2 Å². The molecule has 1 aromatic carbocycles. The van der Waals surface area contributed by atoms with Gasteiger partial charge < -0.3 is 43.6 Å². The van der Waals surface area contributed by atoms with E-state index in [1.165, 1.54) is 12.1 Å². The van der Waals surface area contributed by atoms with Crippen LogP contribution < -0.4 is 10.6 Å². The second-order valence-electron chi connectivity index (χ2n) is 12.2. The van der Waals surface area contributed by atoms with Crippen LogP contribution in [0.4, 0.5) is 5.69 Å². The lowest BCUT2D eigenvalue weighted by Gasteiger charge is -2.27. The number of carboxylic acid groups (broad SMARTS) is 1. The standard InChI is InChI=1S/C36H49N3O16/c40-28(36(47)48)9-11-31(43)55-24-23-54-22-21-53-20-19-52-18-17-51-16-15-50-14-13-49-12-3-1-2-7-29(41)37-26-6-4-5-25-32(26)35(46)39(34(25)45)27-8-10-30(42)38-33(27)44/h4-6,27H,1-3,7-24H2,(H,37,41)(H,47,48)(H,38,42,44).